The number of fused-ring (bicyclic) bond motifs is 1. The van der Waals surface area contributed by atoms with Gasteiger partial charge in [0.15, 0.2) is 0 Å². The van der Waals surface area contributed by atoms with Gasteiger partial charge >= 0.3 is 5.97 Å². The van der Waals surface area contributed by atoms with Gasteiger partial charge in [-0.05, 0) is 48.2 Å². The Kier molecular flexibility index (Phi) is 4.78. The average molecular weight is 364 g/mol. The summed E-state index contributed by atoms with van der Waals surface area (Å²) < 4.78 is 0. The Morgan fingerprint density at radius 3 is 2.42 bits per heavy atom. The van der Waals surface area contributed by atoms with Crippen LogP contribution >= 0.6 is 23.2 Å². The number of carboxylic acids is 1. The molecular formula is C18H15Cl2NO3. The van der Waals surface area contributed by atoms with E-state index >= 15 is 0 Å². The van der Waals surface area contributed by atoms with Crippen LogP contribution in [0.3, 0.4) is 0 Å². The van der Waals surface area contributed by atoms with E-state index in [1.165, 1.54) is 0 Å². The van der Waals surface area contributed by atoms with Crippen molar-refractivity contribution in [2.45, 2.75) is 19.3 Å². The van der Waals surface area contributed by atoms with E-state index in [4.69, 9.17) is 23.2 Å². The van der Waals surface area contributed by atoms with Crippen LogP contribution in [0.1, 0.15) is 27.9 Å². The molecule has 0 unspecified atom stereocenters. The number of aromatic carboxylic acids is 1. The number of carboxylic acid groups (broad SMARTS) is 1. The first-order valence-corrected chi connectivity index (χ1v) is 8.33. The smallest absolute Gasteiger partial charge is 0.336 e. The fourth-order valence-electron chi connectivity index (χ4n) is 3.03. The molecule has 0 aromatic heterocycles. The van der Waals surface area contributed by atoms with Gasteiger partial charge in [-0.3, -0.25) is 4.79 Å². The number of amides is 1. The summed E-state index contributed by atoms with van der Waals surface area (Å²) in [6, 6.07) is 10.1. The highest BCUT2D eigenvalue weighted by Crippen LogP contribution is 2.32. The van der Waals surface area contributed by atoms with E-state index in [9.17, 15) is 14.7 Å². The van der Waals surface area contributed by atoms with Crippen LogP contribution in [0.2, 0.25) is 10.0 Å². The lowest BCUT2D eigenvalue weighted by Crippen LogP contribution is -2.37. The van der Waals surface area contributed by atoms with Gasteiger partial charge in [0, 0.05) is 22.3 Å². The molecule has 0 atom stereocenters. The van der Waals surface area contributed by atoms with Gasteiger partial charge in [0.25, 0.3) is 0 Å². The first-order chi connectivity index (χ1) is 11.5. The molecule has 2 aromatic carbocycles. The van der Waals surface area contributed by atoms with Gasteiger partial charge in [-0.15, -0.1) is 0 Å². The predicted octanol–water partition coefficient (Wildman–Crippen LogP) is 4.21. The van der Waals surface area contributed by atoms with Crippen molar-refractivity contribution in [1.29, 1.82) is 0 Å². The summed E-state index contributed by atoms with van der Waals surface area (Å²) in [5.41, 5.74) is 2.21. The molecule has 0 saturated carbocycles. The third-order valence-electron chi connectivity index (χ3n) is 4.17. The molecule has 1 aliphatic heterocycles. The SMILES string of the molecule is O=C(O)c1cccc2c1CCCN2C(=O)Cc1c(Cl)cccc1Cl. The summed E-state index contributed by atoms with van der Waals surface area (Å²) in [6.07, 6.45) is 1.45. The maximum atomic E-state index is 12.8. The highest BCUT2D eigenvalue weighted by Gasteiger charge is 2.26. The fourth-order valence-corrected chi connectivity index (χ4v) is 3.56. The molecule has 2 aromatic rings. The molecule has 1 N–H and O–H groups in total. The Hall–Kier alpha value is -2.04. The van der Waals surface area contributed by atoms with E-state index in [-0.39, 0.29) is 17.9 Å². The van der Waals surface area contributed by atoms with Gasteiger partial charge < -0.3 is 10.0 Å². The lowest BCUT2D eigenvalue weighted by atomic mass is 9.95. The molecule has 6 heteroatoms. The molecule has 0 spiro atoms. The second-order valence-electron chi connectivity index (χ2n) is 5.63. The number of halogens is 2. The Balaban J connectivity index is 1.94. The summed E-state index contributed by atoms with van der Waals surface area (Å²) in [4.78, 5) is 25.8. The zero-order valence-electron chi connectivity index (χ0n) is 12.8. The van der Waals surface area contributed by atoms with E-state index in [1.54, 1.807) is 41.3 Å². The maximum absolute atomic E-state index is 12.8. The Labute approximate surface area is 149 Å². The van der Waals surface area contributed by atoms with Gasteiger partial charge in [-0.25, -0.2) is 4.79 Å². The van der Waals surface area contributed by atoms with Crippen molar-refractivity contribution in [3.05, 3.63) is 63.1 Å². The zero-order chi connectivity index (χ0) is 17.3. The Morgan fingerprint density at radius 1 is 1.08 bits per heavy atom. The second kappa shape index (κ2) is 6.83. The largest absolute Gasteiger partial charge is 0.478 e. The number of benzene rings is 2. The van der Waals surface area contributed by atoms with E-state index in [0.29, 0.717) is 39.8 Å². The molecule has 124 valence electrons. The van der Waals surface area contributed by atoms with Gasteiger partial charge in [-0.1, -0.05) is 35.3 Å². The first-order valence-electron chi connectivity index (χ1n) is 7.57. The minimum absolute atomic E-state index is 0.0786. The molecule has 0 fully saturated rings. The number of rotatable bonds is 3. The molecule has 0 saturated heterocycles. The monoisotopic (exact) mass is 363 g/mol. The third-order valence-corrected chi connectivity index (χ3v) is 4.88. The van der Waals surface area contributed by atoms with Crippen LogP contribution in [-0.4, -0.2) is 23.5 Å². The molecule has 4 nitrogen and oxygen atoms in total. The van der Waals surface area contributed by atoms with E-state index < -0.39 is 5.97 Å². The lowest BCUT2D eigenvalue weighted by molar-refractivity contribution is -0.118. The highest BCUT2D eigenvalue weighted by atomic mass is 35.5. The molecule has 1 aliphatic rings. The second-order valence-corrected chi connectivity index (χ2v) is 6.45. The number of hydrogen-bond acceptors (Lipinski definition) is 2. The van der Waals surface area contributed by atoms with E-state index in [2.05, 4.69) is 0 Å². The maximum Gasteiger partial charge on any atom is 0.336 e. The van der Waals surface area contributed by atoms with Gasteiger partial charge in [0.05, 0.1) is 12.0 Å². The van der Waals surface area contributed by atoms with Crippen LogP contribution in [0.15, 0.2) is 36.4 Å². The zero-order valence-corrected chi connectivity index (χ0v) is 14.3. The van der Waals surface area contributed by atoms with Crippen LogP contribution in [0.5, 0.6) is 0 Å². The van der Waals surface area contributed by atoms with Crippen molar-refractivity contribution in [3.63, 3.8) is 0 Å². The minimum Gasteiger partial charge on any atom is -0.478 e. The fraction of sp³-hybridized carbons (Fsp3) is 0.222. The number of carbonyl (C=O) groups excluding carboxylic acids is 1. The van der Waals surface area contributed by atoms with Gasteiger partial charge in [0.1, 0.15) is 0 Å². The summed E-state index contributed by atoms with van der Waals surface area (Å²) in [6.45, 7) is 0.553. The number of carbonyl (C=O) groups is 2. The Bertz CT molecular complexity index is 800. The van der Waals surface area contributed by atoms with E-state index in [1.807, 2.05) is 0 Å². The molecule has 0 radical (unpaired) electrons. The molecule has 0 aliphatic carbocycles. The van der Waals surface area contributed by atoms with Crippen molar-refractivity contribution >= 4 is 40.8 Å². The lowest BCUT2D eigenvalue weighted by Gasteiger charge is -2.30. The summed E-state index contributed by atoms with van der Waals surface area (Å²) in [5.74, 6) is -1.12. The van der Waals surface area contributed by atoms with Crippen LogP contribution in [0.25, 0.3) is 0 Å². The molecular weight excluding hydrogens is 349 g/mol. The molecule has 0 bridgehead atoms. The molecule has 1 heterocycles. The van der Waals surface area contributed by atoms with E-state index in [0.717, 1.165) is 6.42 Å². The van der Waals surface area contributed by atoms with Crippen LogP contribution in [0.4, 0.5) is 5.69 Å². The topological polar surface area (TPSA) is 57.6 Å². The molecule has 24 heavy (non-hydrogen) atoms. The number of hydrogen-bond donors (Lipinski definition) is 1. The summed E-state index contributed by atoms with van der Waals surface area (Å²) in [7, 11) is 0. The van der Waals surface area contributed by atoms with Crippen LogP contribution in [0, 0.1) is 0 Å². The highest BCUT2D eigenvalue weighted by molar-refractivity contribution is 6.36. The van der Waals surface area contributed by atoms with Crippen LogP contribution in [-0.2, 0) is 17.6 Å². The van der Waals surface area contributed by atoms with Crippen molar-refractivity contribution in [2.75, 3.05) is 11.4 Å². The normalized spacial score (nSPS) is 13.5. The van der Waals surface area contributed by atoms with Gasteiger partial charge in [0.2, 0.25) is 5.91 Å². The molecule has 3 rings (SSSR count). The standard InChI is InChI=1S/C18H15Cl2NO3/c19-14-6-2-7-15(20)13(14)10-17(22)21-9-3-5-11-12(18(23)24)4-1-8-16(11)21/h1-2,4,6-8H,3,5,9-10H2,(H,23,24). The van der Waals surface area contributed by atoms with Crippen molar-refractivity contribution in [3.8, 4) is 0 Å². The van der Waals surface area contributed by atoms with Gasteiger partial charge in [-0.2, -0.15) is 0 Å². The summed E-state index contributed by atoms with van der Waals surface area (Å²) in [5, 5.41) is 10.2. The third kappa shape index (κ3) is 3.12. The average Bonchev–Trinajstić information content (AvgIpc) is 2.57. The number of anilines is 1. The predicted molar refractivity (Wildman–Crippen MR) is 94.2 cm³/mol. The van der Waals surface area contributed by atoms with Crippen molar-refractivity contribution in [2.24, 2.45) is 0 Å². The quantitative estimate of drug-likeness (QED) is 0.888. The van der Waals surface area contributed by atoms with Crippen molar-refractivity contribution in [1.82, 2.24) is 0 Å². The number of nitrogens with zero attached hydrogens (tertiary/aromatic N) is 1. The van der Waals surface area contributed by atoms with Crippen molar-refractivity contribution < 1.29 is 14.7 Å². The first kappa shape index (κ1) is 16.8. The summed E-state index contributed by atoms with van der Waals surface area (Å²) >= 11 is 12.3. The minimum atomic E-state index is -0.977. The molecule has 1 amide bonds. The van der Waals surface area contributed by atoms with Crippen LogP contribution < -0.4 is 4.90 Å². The Morgan fingerprint density at radius 2 is 1.75 bits per heavy atom.